The molecule has 0 aromatic rings. The second-order valence-electron chi connectivity index (χ2n) is 6.73. The molecule has 0 saturated heterocycles. The first-order chi connectivity index (χ1) is 10.9. The summed E-state index contributed by atoms with van der Waals surface area (Å²) >= 11 is 0. The maximum absolute atomic E-state index is 11.9. The summed E-state index contributed by atoms with van der Waals surface area (Å²) < 4.78 is 10.8. The van der Waals surface area contributed by atoms with E-state index >= 15 is 0 Å². The molecule has 0 aliphatic rings. The van der Waals surface area contributed by atoms with Crippen molar-refractivity contribution in [1.82, 2.24) is 0 Å². The molecule has 0 rings (SSSR count). The minimum absolute atomic E-state index is 0.0144. The Morgan fingerprint density at radius 2 is 1.00 bits per heavy atom. The monoisotopic (exact) mass is 328 g/mol. The molecule has 0 N–H and O–H groups in total. The van der Waals surface area contributed by atoms with Crippen LogP contribution in [0.4, 0.5) is 0 Å². The highest BCUT2D eigenvalue weighted by Crippen LogP contribution is 2.17. The largest absolute Gasteiger partial charge is 0.465 e. The predicted molar refractivity (Wildman–Crippen MR) is 93.0 cm³/mol. The van der Waals surface area contributed by atoms with E-state index in [1.165, 1.54) is 0 Å². The van der Waals surface area contributed by atoms with Crippen molar-refractivity contribution < 1.29 is 19.1 Å². The summed E-state index contributed by atoms with van der Waals surface area (Å²) in [6.45, 7) is 13.1. The molecule has 0 radical (unpaired) electrons. The predicted octanol–water partition coefficient (Wildman–Crippen LogP) is 4.61. The first-order valence-electron chi connectivity index (χ1n) is 9.22. The SMILES string of the molecule is CCC(CC)C(=O)OCC(C)CC(C)COC(=O)C(CC)CC. The zero-order valence-corrected chi connectivity index (χ0v) is 15.9. The molecule has 0 aromatic carbocycles. The summed E-state index contributed by atoms with van der Waals surface area (Å²) in [4.78, 5) is 23.7. The van der Waals surface area contributed by atoms with Gasteiger partial charge in [0, 0.05) is 0 Å². The van der Waals surface area contributed by atoms with Crippen LogP contribution in [0.15, 0.2) is 0 Å². The summed E-state index contributed by atoms with van der Waals surface area (Å²) in [6.07, 6.45) is 4.18. The number of rotatable bonds is 12. The van der Waals surface area contributed by atoms with Crippen LogP contribution in [-0.4, -0.2) is 25.2 Å². The molecule has 23 heavy (non-hydrogen) atoms. The fraction of sp³-hybridized carbons (Fsp3) is 0.895. The molecule has 0 fully saturated rings. The van der Waals surface area contributed by atoms with Gasteiger partial charge in [-0.05, 0) is 43.9 Å². The number of hydrogen-bond donors (Lipinski definition) is 0. The zero-order chi connectivity index (χ0) is 17.8. The fourth-order valence-corrected chi connectivity index (χ4v) is 2.75. The van der Waals surface area contributed by atoms with Gasteiger partial charge < -0.3 is 9.47 Å². The van der Waals surface area contributed by atoms with E-state index in [0.29, 0.717) is 13.2 Å². The van der Waals surface area contributed by atoms with Crippen molar-refractivity contribution in [3.8, 4) is 0 Å². The van der Waals surface area contributed by atoms with Gasteiger partial charge in [-0.15, -0.1) is 0 Å². The third-order valence-corrected chi connectivity index (χ3v) is 4.46. The van der Waals surface area contributed by atoms with Gasteiger partial charge in [0.1, 0.15) is 0 Å². The number of carbonyl (C=O) groups is 2. The molecular formula is C19H36O4. The zero-order valence-electron chi connectivity index (χ0n) is 15.9. The number of carbonyl (C=O) groups excluding carboxylic acids is 2. The molecule has 136 valence electrons. The van der Waals surface area contributed by atoms with Crippen LogP contribution in [0.25, 0.3) is 0 Å². The Labute approximate surface area is 142 Å². The summed E-state index contributed by atoms with van der Waals surface area (Å²) in [5.41, 5.74) is 0. The van der Waals surface area contributed by atoms with E-state index in [1.54, 1.807) is 0 Å². The average molecular weight is 328 g/mol. The highest BCUT2D eigenvalue weighted by atomic mass is 16.5. The molecule has 0 saturated carbocycles. The molecule has 0 bridgehead atoms. The van der Waals surface area contributed by atoms with Gasteiger partial charge in [0.25, 0.3) is 0 Å². The van der Waals surface area contributed by atoms with Gasteiger partial charge in [0.2, 0.25) is 0 Å². The van der Waals surface area contributed by atoms with E-state index in [4.69, 9.17) is 9.47 Å². The Kier molecular flexibility index (Phi) is 11.8. The fourth-order valence-electron chi connectivity index (χ4n) is 2.75. The van der Waals surface area contributed by atoms with Crippen LogP contribution in [0, 0.1) is 23.7 Å². The van der Waals surface area contributed by atoms with Crippen LogP contribution in [0.5, 0.6) is 0 Å². The van der Waals surface area contributed by atoms with Gasteiger partial charge in [0.05, 0.1) is 25.0 Å². The van der Waals surface area contributed by atoms with Crippen LogP contribution in [-0.2, 0) is 19.1 Å². The van der Waals surface area contributed by atoms with Gasteiger partial charge in [-0.25, -0.2) is 0 Å². The van der Waals surface area contributed by atoms with E-state index in [-0.39, 0.29) is 35.6 Å². The van der Waals surface area contributed by atoms with Crippen LogP contribution >= 0.6 is 0 Å². The lowest BCUT2D eigenvalue weighted by molar-refractivity contribution is -0.150. The lowest BCUT2D eigenvalue weighted by Crippen LogP contribution is -2.23. The molecular weight excluding hydrogens is 292 g/mol. The van der Waals surface area contributed by atoms with E-state index < -0.39 is 0 Å². The lowest BCUT2D eigenvalue weighted by Gasteiger charge is -2.20. The summed E-state index contributed by atoms with van der Waals surface area (Å²) in [5, 5.41) is 0. The van der Waals surface area contributed by atoms with Crippen molar-refractivity contribution >= 4 is 11.9 Å². The first kappa shape index (κ1) is 21.9. The normalized spacial score (nSPS) is 13.9. The third-order valence-electron chi connectivity index (χ3n) is 4.46. The molecule has 0 amide bonds. The van der Waals surface area contributed by atoms with Gasteiger partial charge >= 0.3 is 11.9 Å². The van der Waals surface area contributed by atoms with Crippen LogP contribution in [0.3, 0.4) is 0 Å². The quantitative estimate of drug-likeness (QED) is 0.491. The summed E-state index contributed by atoms with van der Waals surface area (Å²) in [7, 11) is 0. The van der Waals surface area contributed by atoms with Crippen molar-refractivity contribution in [1.29, 1.82) is 0 Å². The summed E-state index contributed by atoms with van der Waals surface area (Å²) in [5.74, 6) is 0.399. The molecule has 0 spiro atoms. The molecule has 0 heterocycles. The minimum atomic E-state index is -0.0883. The van der Waals surface area contributed by atoms with Gasteiger partial charge in [-0.2, -0.15) is 0 Å². The number of ether oxygens (including phenoxy) is 2. The molecule has 4 heteroatoms. The Balaban J connectivity index is 4.04. The Bertz CT molecular complexity index is 300. The molecule has 0 aromatic heterocycles. The highest BCUT2D eigenvalue weighted by molar-refractivity contribution is 5.72. The van der Waals surface area contributed by atoms with Crippen LogP contribution < -0.4 is 0 Å². The van der Waals surface area contributed by atoms with Gasteiger partial charge in [-0.1, -0.05) is 41.5 Å². The van der Waals surface area contributed by atoms with Crippen LogP contribution in [0.2, 0.25) is 0 Å². The van der Waals surface area contributed by atoms with Gasteiger partial charge in [0.15, 0.2) is 0 Å². The first-order valence-corrected chi connectivity index (χ1v) is 9.22. The van der Waals surface area contributed by atoms with Crippen molar-refractivity contribution in [2.45, 2.75) is 73.6 Å². The summed E-state index contributed by atoms with van der Waals surface area (Å²) in [6, 6.07) is 0. The Morgan fingerprint density at radius 3 is 1.26 bits per heavy atom. The topological polar surface area (TPSA) is 52.6 Å². The van der Waals surface area contributed by atoms with Crippen molar-refractivity contribution in [3.05, 3.63) is 0 Å². The Morgan fingerprint density at radius 1 is 0.696 bits per heavy atom. The van der Waals surface area contributed by atoms with Crippen molar-refractivity contribution in [2.24, 2.45) is 23.7 Å². The molecule has 4 nitrogen and oxygen atoms in total. The molecule has 2 unspecified atom stereocenters. The van der Waals surface area contributed by atoms with E-state index in [1.807, 2.05) is 27.7 Å². The van der Waals surface area contributed by atoms with Crippen LogP contribution in [0.1, 0.15) is 73.6 Å². The minimum Gasteiger partial charge on any atom is -0.465 e. The Hall–Kier alpha value is -1.06. The number of hydrogen-bond acceptors (Lipinski definition) is 4. The van der Waals surface area contributed by atoms with Crippen molar-refractivity contribution in [3.63, 3.8) is 0 Å². The van der Waals surface area contributed by atoms with Crippen molar-refractivity contribution in [2.75, 3.05) is 13.2 Å². The molecule has 0 aliphatic heterocycles. The van der Waals surface area contributed by atoms with E-state index in [0.717, 1.165) is 32.1 Å². The maximum atomic E-state index is 11.9. The standard InChI is InChI=1S/C19H36O4/c1-7-16(8-2)18(20)22-12-14(5)11-15(6)13-23-19(21)17(9-3)10-4/h14-17H,7-13H2,1-6H3. The van der Waals surface area contributed by atoms with Gasteiger partial charge in [-0.3, -0.25) is 9.59 Å². The van der Waals surface area contributed by atoms with E-state index in [2.05, 4.69) is 13.8 Å². The molecule has 0 aliphatic carbocycles. The smallest absolute Gasteiger partial charge is 0.308 e. The second-order valence-corrected chi connectivity index (χ2v) is 6.73. The molecule has 2 atom stereocenters. The second kappa shape index (κ2) is 12.4. The lowest BCUT2D eigenvalue weighted by atomic mass is 9.98. The highest BCUT2D eigenvalue weighted by Gasteiger charge is 2.19. The van der Waals surface area contributed by atoms with E-state index in [9.17, 15) is 9.59 Å². The average Bonchev–Trinajstić information content (AvgIpc) is 2.53. The number of esters is 2. The maximum Gasteiger partial charge on any atom is 0.308 e. The third kappa shape index (κ3) is 8.97.